The van der Waals surface area contributed by atoms with Crippen LogP contribution in [0.4, 0.5) is 15.3 Å². The molecule has 1 heterocycles. The van der Waals surface area contributed by atoms with Crippen LogP contribution < -0.4 is 10.6 Å². The second kappa shape index (κ2) is 9.23. The molecule has 26 heavy (non-hydrogen) atoms. The van der Waals surface area contributed by atoms with E-state index in [-0.39, 0.29) is 18.2 Å². The van der Waals surface area contributed by atoms with Crippen LogP contribution in [0.1, 0.15) is 17.5 Å². The fraction of sp³-hybridized carbons (Fsp3) is 0.412. The van der Waals surface area contributed by atoms with E-state index >= 15 is 0 Å². The van der Waals surface area contributed by atoms with Crippen molar-refractivity contribution in [3.05, 3.63) is 29.3 Å². The first-order chi connectivity index (χ1) is 12.4. The van der Waals surface area contributed by atoms with Gasteiger partial charge in [0, 0.05) is 24.5 Å². The highest BCUT2D eigenvalue weighted by atomic mass is 32.2. The van der Waals surface area contributed by atoms with Crippen LogP contribution in [0.3, 0.4) is 0 Å². The number of rotatable bonds is 6. The summed E-state index contributed by atoms with van der Waals surface area (Å²) in [7, 11) is 0. The van der Waals surface area contributed by atoms with Gasteiger partial charge in [-0.25, -0.2) is 4.79 Å². The molecule has 0 aromatic heterocycles. The Labute approximate surface area is 155 Å². The summed E-state index contributed by atoms with van der Waals surface area (Å²) in [5.74, 6) is -0.611. The van der Waals surface area contributed by atoms with Crippen molar-refractivity contribution < 1.29 is 23.9 Å². The zero-order chi connectivity index (χ0) is 19.1. The van der Waals surface area contributed by atoms with Crippen LogP contribution >= 0.6 is 11.8 Å². The lowest BCUT2D eigenvalue weighted by atomic mass is 10.1. The van der Waals surface area contributed by atoms with Gasteiger partial charge < -0.3 is 15.0 Å². The highest BCUT2D eigenvalue weighted by Gasteiger charge is 2.22. The summed E-state index contributed by atoms with van der Waals surface area (Å²) in [4.78, 5) is 48.1. The topological polar surface area (TPSA) is 105 Å². The maximum absolute atomic E-state index is 11.8. The third kappa shape index (κ3) is 5.76. The van der Waals surface area contributed by atoms with Crippen LogP contribution in [0.2, 0.25) is 0 Å². The summed E-state index contributed by atoms with van der Waals surface area (Å²) in [5.41, 5.74) is 2.51. The molecule has 1 aliphatic heterocycles. The van der Waals surface area contributed by atoms with E-state index in [1.807, 2.05) is 19.9 Å². The van der Waals surface area contributed by atoms with Crippen molar-refractivity contribution in [1.29, 1.82) is 0 Å². The van der Waals surface area contributed by atoms with E-state index in [0.717, 1.165) is 11.1 Å². The number of ether oxygens (including phenoxy) is 1. The molecule has 140 valence electrons. The SMILES string of the molecule is Cc1cccc(NC(=O)NC(=O)COC(=O)CCN2CCSC2=O)c1C. The van der Waals surface area contributed by atoms with Crippen molar-refractivity contribution in [3.8, 4) is 0 Å². The molecule has 4 amide bonds. The number of thioether (sulfide) groups is 1. The first-order valence-electron chi connectivity index (χ1n) is 8.11. The van der Waals surface area contributed by atoms with E-state index in [2.05, 4.69) is 10.6 Å². The van der Waals surface area contributed by atoms with Crippen molar-refractivity contribution in [1.82, 2.24) is 10.2 Å². The summed E-state index contributed by atoms with van der Waals surface area (Å²) < 4.78 is 4.82. The quantitative estimate of drug-likeness (QED) is 0.733. The zero-order valence-corrected chi connectivity index (χ0v) is 15.5. The predicted octanol–water partition coefficient (Wildman–Crippen LogP) is 2.05. The molecular weight excluding hydrogens is 358 g/mol. The number of imide groups is 1. The first-order valence-corrected chi connectivity index (χ1v) is 9.09. The number of nitrogens with zero attached hydrogens (tertiary/aromatic N) is 1. The molecule has 1 aliphatic rings. The fourth-order valence-corrected chi connectivity index (χ4v) is 3.13. The smallest absolute Gasteiger partial charge is 0.325 e. The average Bonchev–Trinajstić information content (AvgIpc) is 3.00. The summed E-state index contributed by atoms with van der Waals surface area (Å²) in [5, 5.41) is 4.62. The number of esters is 1. The molecule has 0 atom stereocenters. The molecule has 8 nitrogen and oxygen atoms in total. The Morgan fingerprint density at radius 2 is 2.04 bits per heavy atom. The zero-order valence-electron chi connectivity index (χ0n) is 14.7. The summed E-state index contributed by atoms with van der Waals surface area (Å²) in [6.45, 7) is 4.09. The Bertz CT molecular complexity index is 722. The fourth-order valence-electron chi connectivity index (χ4n) is 2.28. The number of carbonyl (C=O) groups is 4. The largest absolute Gasteiger partial charge is 0.456 e. The maximum Gasteiger partial charge on any atom is 0.325 e. The number of anilines is 1. The number of urea groups is 1. The number of benzene rings is 1. The molecule has 0 radical (unpaired) electrons. The summed E-state index contributed by atoms with van der Waals surface area (Å²) >= 11 is 1.21. The number of carbonyl (C=O) groups excluding carboxylic acids is 4. The number of hydrogen-bond acceptors (Lipinski definition) is 6. The lowest BCUT2D eigenvalue weighted by Gasteiger charge is -2.13. The summed E-state index contributed by atoms with van der Waals surface area (Å²) in [6, 6.07) is 4.74. The van der Waals surface area contributed by atoms with Crippen LogP contribution in [0.5, 0.6) is 0 Å². The minimum Gasteiger partial charge on any atom is -0.456 e. The van der Waals surface area contributed by atoms with E-state index in [9.17, 15) is 19.2 Å². The van der Waals surface area contributed by atoms with E-state index in [0.29, 0.717) is 18.0 Å². The maximum atomic E-state index is 11.8. The Morgan fingerprint density at radius 3 is 2.73 bits per heavy atom. The van der Waals surface area contributed by atoms with Gasteiger partial charge in [0.05, 0.1) is 6.42 Å². The minimum atomic E-state index is -0.728. The van der Waals surface area contributed by atoms with Crippen molar-refractivity contribution in [3.63, 3.8) is 0 Å². The van der Waals surface area contributed by atoms with E-state index in [4.69, 9.17) is 4.74 Å². The number of amides is 4. The number of hydrogen-bond donors (Lipinski definition) is 2. The molecule has 1 fully saturated rings. The molecule has 0 saturated carbocycles. The van der Waals surface area contributed by atoms with Gasteiger partial charge in [-0.2, -0.15) is 0 Å². The molecule has 0 spiro atoms. The molecular formula is C17H21N3O5S. The van der Waals surface area contributed by atoms with Crippen LogP contribution in [-0.4, -0.2) is 53.5 Å². The third-order valence-electron chi connectivity index (χ3n) is 3.90. The third-order valence-corrected chi connectivity index (χ3v) is 4.79. The van der Waals surface area contributed by atoms with Crippen LogP contribution in [-0.2, 0) is 14.3 Å². The van der Waals surface area contributed by atoms with E-state index in [1.165, 1.54) is 11.8 Å². The van der Waals surface area contributed by atoms with Crippen LogP contribution in [0.25, 0.3) is 0 Å². The summed E-state index contributed by atoms with van der Waals surface area (Å²) in [6.07, 6.45) is 0.00820. The van der Waals surface area contributed by atoms with Gasteiger partial charge in [0.1, 0.15) is 0 Å². The monoisotopic (exact) mass is 379 g/mol. The molecule has 2 N–H and O–H groups in total. The number of aryl methyl sites for hydroxylation is 1. The molecule has 0 bridgehead atoms. The Hall–Kier alpha value is -2.55. The molecule has 0 unspecified atom stereocenters. The Morgan fingerprint density at radius 1 is 1.27 bits per heavy atom. The lowest BCUT2D eigenvalue weighted by Crippen LogP contribution is -2.37. The van der Waals surface area contributed by atoms with E-state index < -0.39 is 24.5 Å². The minimum absolute atomic E-state index is 0.00820. The van der Waals surface area contributed by atoms with Gasteiger partial charge in [-0.1, -0.05) is 23.9 Å². The second-order valence-corrected chi connectivity index (χ2v) is 6.81. The van der Waals surface area contributed by atoms with Crippen LogP contribution in [0, 0.1) is 13.8 Å². The van der Waals surface area contributed by atoms with Gasteiger partial charge in [0.2, 0.25) is 0 Å². The van der Waals surface area contributed by atoms with E-state index in [1.54, 1.807) is 17.0 Å². The Balaban J connectivity index is 1.69. The number of nitrogens with one attached hydrogen (secondary N) is 2. The van der Waals surface area contributed by atoms with Gasteiger partial charge in [0.25, 0.3) is 11.1 Å². The van der Waals surface area contributed by atoms with Crippen molar-refractivity contribution >= 4 is 40.6 Å². The van der Waals surface area contributed by atoms with Crippen molar-refractivity contribution in [2.45, 2.75) is 20.3 Å². The first kappa shape index (κ1) is 19.8. The van der Waals surface area contributed by atoms with Gasteiger partial charge in [-0.3, -0.25) is 19.7 Å². The molecule has 0 aliphatic carbocycles. The standard InChI is InChI=1S/C17H21N3O5S/c1-11-4-3-5-13(12(11)2)18-16(23)19-14(21)10-25-15(22)6-7-20-8-9-26-17(20)24/h3-5H,6-10H2,1-2H3,(H2,18,19,21,23). The predicted molar refractivity (Wildman–Crippen MR) is 98.1 cm³/mol. The molecule has 1 saturated heterocycles. The van der Waals surface area contributed by atoms with Crippen LogP contribution in [0.15, 0.2) is 18.2 Å². The van der Waals surface area contributed by atoms with Gasteiger partial charge in [-0.05, 0) is 31.0 Å². The highest BCUT2D eigenvalue weighted by molar-refractivity contribution is 8.13. The molecule has 1 aromatic carbocycles. The van der Waals surface area contributed by atoms with Gasteiger partial charge in [0.15, 0.2) is 6.61 Å². The second-order valence-electron chi connectivity index (χ2n) is 5.76. The molecule has 9 heteroatoms. The molecule has 1 aromatic rings. The molecule has 2 rings (SSSR count). The Kier molecular flexibility index (Phi) is 7.02. The van der Waals surface area contributed by atoms with Gasteiger partial charge >= 0.3 is 12.0 Å². The lowest BCUT2D eigenvalue weighted by molar-refractivity contribution is -0.148. The normalized spacial score (nSPS) is 13.5. The average molecular weight is 379 g/mol. The van der Waals surface area contributed by atoms with Gasteiger partial charge in [-0.15, -0.1) is 0 Å². The van der Waals surface area contributed by atoms with Crippen molar-refractivity contribution in [2.24, 2.45) is 0 Å². The highest BCUT2D eigenvalue weighted by Crippen LogP contribution is 2.18. The van der Waals surface area contributed by atoms with Crippen molar-refractivity contribution in [2.75, 3.05) is 30.8 Å².